The average molecular weight is 327 g/mol. The highest BCUT2D eigenvalue weighted by molar-refractivity contribution is 5.92. The third kappa shape index (κ3) is 2.62. The molecule has 7 nitrogen and oxygen atoms in total. The van der Waals surface area contributed by atoms with Gasteiger partial charge in [0.2, 0.25) is 5.95 Å². The molecule has 0 radical (unpaired) electrons. The first kappa shape index (κ1) is 16.0. The summed E-state index contributed by atoms with van der Waals surface area (Å²) < 4.78 is 6.74. The van der Waals surface area contributed by atoms with Gasteiger partial charge >= 0.3 is 5.97 Å². The highest BCUT2D eigenvalue weighted by atomic mass is 16.5. The molecule has 2 aromatic rings. The molecular formula is C17H21N5O2. The van der Waals surface area contributed by atoms with E-state index < -0.39 is 0 Å². The summed E-state index contributed by atoms with van der Waals surface area (Å²) in [5, 5.41) is 7.48. The molecule has 2 heterocycles. The summed E-state index contributed by atoms with van der Waals surface area (Å²) in [7, 11) is 5.37. The first-order valence-electron chi connectivity index (χ1n) is 7.82. The van der Waals surface area contributed by atoms with Gasteiger partial charge in [-0.3, -0.25) is 0 Å². The number of nitrogens with zero attached hydrogens (tertiary/aromatic N) is 4. The van der Waals surface area contributed by atoms with Crippen LogP contribution in [0.3, 0.4) is 0 Å². The smallest absolute Gasteiger partial charge is 0.338 e. The number of rotatable bonds is 4. The third-order valence-electron chi connectivity index (χ3n) is 4.16. The predicted octanol–water partition coefficient (Wildman–Crippen LogP) is 2.20. The fraction of sp³-hybridized carbons (Fsp3) is 0.353. The molecule has 1 atom stereocenters. The normalized spacial score (nSPS) is 16.4. The Morgan fingerprint density at radius 1 is 1.33 bits per heavy atom. The zero-order chi connectivity index (χ0) is 17.3. The van der Waals surface area contributed by atoms with Crippen LogP contribution in [-0.4, -0.2) is 41.9 Å². The van der Waals surface area contributed by atoms with E-state index in [-0.39, 0.29) is 12.0 Å². The number of nitrogens with one attached hydrogen (secondary N) is 1. The molecule has 1 aromatic heterocycles. The van der Waals surface area contributed by atoms with Gasteiger partial charge in [0.25, 0.3) is 0 Å². The second kappa shape index (κ2) is 6.35. The standard InChI is InChI=1S/C17H21N5O2/c1-5-13-14(16(23)24-4)15(22-17(20-13)18-10-19-22)11-6-8-12(9-7-11)21(2)3/h6-10,15H,5H2,1-4H3,(H,18,19,20). The zero-order valence-electron chi connectivity index (χ0n) is 14.3. The Balaban J connectivity index is 2.14. The lowest BCUT2D eigenvalue weighted by atomic mass is 9.94. The van der Waals surface area contributed by atoms with Crippen molar-refractivity contribution in [3.05, 3.63) is 47.4 Å². The Kier molecular flexibility index (Phi) is 4.24. The molecular weight excluding hydrogens is 306 g/mol. The van der Waals surface area contributed by atoms with E-state index in [1.807, 2.05) is 50.2 Å². The van der Waals surface area contributed by atoms with Crippen molar-refractivity contribution in [3.8, 4) is 0 Å². The number of ether oxygens (including phenoxy) is 1. The van der Waals surface area contributed by atoms with Crippen molar-refractivity contribution in [3.63, 3.8) is 0 Å². The van der Waals surface area contributed by atoms with Crippen molar-refractivity contribution in [1.82, 2.24) is 14.8 Å². The number of allylic oxidation sites excluding steroid dienone is 1. The molecule has 0 amide bonds. The van der Waals surface area contributed by atoms with Crippen LogP contribution in [0.4, 0.5) is 11.6 Å². The lowest BCUT2D eigenvalue weighted by Gasteiger charge is -2.29. The van der Waals surface area contributed by atoms with Crippen LogP contribution >= 0.6 is 0 Å². The maximum absolute atomic E-state index is 12.4. The number of methoxy groups -OCH3 is 1. The van der Waals surface area contributed by atoms with E-state index in [0.29, 0.717) is 17.9 Å². The van der Waals surface area contributed by atoms with Crippen molar-refractivity contribution < 1.29 is 9.53 Å². The van der Waals surface area contributed by atoms with Gasteiger partial charge in [0, 0.05) is 25.5 Å². The molecule has 7 heteroatoms. The summed E-state index contributed by atoms with van der Waals surface area (Å²) in [6.07, 6.45) is 2.15. The second-order valence-corrected chi connectivity index (χ2v) is 5.78. The SMILES string of the molecule is CCC1=C(C(=O)OC)C(c2ccc(N(C)C)cc2)n2ncnc2N1. The maximum Gasteiger partial charge on any atom is 0.338 e. The minimum Gasteiger partial charge on any atom is -0.466 e. The molecule has 0 aliphatic carbocycles. The van der Waals surface area contributed by atoms with E-state index in [2.05, 4.69) is 15.4 Å². The second-order valence-electron chi connectivity index (χ2n) is 5.78. The van der Waals surface area contributed by atoms with Crippen molar-refractivity contribution in [2.75, 3.05) is 31.4 Å². The Morgan fingerprint density at radius 3 is 2.62 bits per heavy atom. The first-order valence-corrected chi connectivity index (χ1v) is 7.82. The number of hydrogen-bond acceptors (Lipinski definition) is 6. The quantitative estimate of drug-likeness (QED) is 0.868. The van der Waals surface area contributed by atoms with Crippen LogP contribution in [0.25, 0.3) is 0 Å². The van der Waals surface area contributed by atoms with Crippen LogP contribution in [0.2, 0.25) is 0 Å². The third-order valence-corrected chi connectivity index (χ3v) is 4.16. The summed E-state index contributed by atoms with van der Waals surface area (Å²) >= 11 is 0. The average Bonchev–Trinajstić information content (AvgIpc) is 3.07. The van der Waals surface area contributed by atoms with Gasteiger partial charge in [-0.25, -0.2) is 9.48 Å². The van der Waals surface area contributed by atoms with Gasteiger partial charge in [0.1, 0.15) is 12.4 Å². The Morgan fingerprint density at radius 2 is 2.04 bits per heavy atom. The first-order chi connectivity index (χ1) is 11.6. The monoisotopic (exact) mass is 327 g/mol. The number of aromatic nitrogens is 3. The van der Waals surface area contributed by atoms with Crippen LogP contribution in [0.5, 0.6) is 0 Å². The van der Waals surface area contributed by atoms with E-state index >= 15 is 0 Å². The van der Waals surface area contributed by atoms with Gasteiger partial charge in [-0.2, -0.15) is 10.1 Å². The lowest BCUT2D eigenvalue weighted by molar-refractivity contribution is -0.136. The molecule has 0 spiro atoms. The molecule has 1 aromatic carbocycles. The summed E-state index contributed by atoms with van der Waals surface area (Å²) in [5.41, 5.74) is 3.42. The zero-order valence-corrected chi connectivity index (χ0v) is 14.3. The maximum atomic E-state index is 12.4. The molecule has 1 unspecified atom stereocenters. The largest absolute Gasteiger partial charge is 0.466 e. The fourth-order valence-electron chi connectivity index (χ4n) is 2.90. The number of fused-ring (bicyclic) bond motifs is 1. The highest BCUT2D eigenvalue weighted by Gasteiger charge is 2.34. The molecule has 0 fully saturated rings. The molecule has 0 bridgehead atoms. The Labute approximate surface area is 140 Å². The van der Waals surface area contributed by atoms with Crippen LogP contribution < -0.4 is 10.2 Å². The number of hydrogen-bond donors (Lipinski definition) is 1. The van der Waals surface area contributed by atoms with E-state index in [1.165, 1.54) is 13.4 Å². The molecule has 1 aliphatic rings. The summed E-state index contributed by atoms with van der Waals surface area (Å²) in [6, 6.07) is 7.70. The Hall–Kier alpha value is -2.83. The van der Waals surface area contributed by atoms with Crippen molar-refractivity contribution >= 4 is 17.6 Å². The molecule has 0 saturated heterocycles. The topological polar surface area (TPSA) is 72.3 Å². The van der Waals surface area contributed by atoms with Gasteiger partial charge < -0.3 is 15.0 Å². The molecule has 3 rings (SSSR count). The number of benzene rings is 1. The summed E-state index contributed by atoms with van der Waals surface area (Å²) in [4.78, 5) is 18.7. The van der Waals surface area contributed by atoms with Gasteiger partial charge in [0.05, 0.1) is 12.7 Å². The van der Waals surface area contributed by atoms with Crippen LogP contribution in [0.1, 0.15) is 24.9 Å². The molecule has 0 saturated carbocycles. The van der Waals surface area contributed by atoms with E-state index in [4.69, 9.17) is 4.74 Å². The van der Waals surface area contributed by atoms with Crippen LogP contribution in [0.15, 0.2) is 41.9 Å². The van der Waals surface area contributed by atoms with Gasteiger partial charge in [-0.15, -0.1) is 0 Å². The number of esters is 1. The molecule has 1 aliphatic heterocycles. The van der Waals surface area contributed by atoms with E-state index in [0.717, 1.165) is 16.9 Å². The van der Waals surface area contributed by atoms with E-state index in [1.54, 1.807) is 4.68 Å². The van der Waals surface area contributed by atoms with Gasteiger partial charge in [-0.1, -0.05) is 19.1 Å². The molecule has 24 heavy (non-hydrogen) atoms. The highest BCUT2D eigenvalue weighted by Crippen LogP contribution is 2.36. The fourth-order valence-corrected chi connectivity index (χ4v) is 2.90. The van der Waals surface area contributed by atoms with Crippen molar-refractivity contribution in [2.45, 2.75) is 19.4 Å². The van der Waals surface area contributed by atoms with E-state index in [9.17, 15) is 4.79 Å². The minimum absolute atomic E-state index is 0.359. The number of anilines is 2. The minimum atomic E-state index is -0.359. The van der Waals surface area contributed by atoms with Gasteiger partial charge in [0.15, 0.2) is 0 Å². The summed E-state index contributed by atoms with van der Waals surface area (Å²) in [6.45, 7) is 1.99. The predicted molar refractivity (Wildman–Crippen MR) is 91.9 cm³/mol. The summed E-state index contributed by atoms with van der Waals surface area (Å²) in [5.74, 6) is 0.267. The van der Waals surface area contributed by atoms with Crippen molar-refractivity contribution in [2.24, 2.45) is 0 Å². The Bertz CT molecular complexity index is 777. The van der Waals surface area contributed by atoms with Crippen LogP contribution in [0, 0.1) is 0 Å². The lowest BCUT2D eigenvalue weighted by Crippen LogP contribution is -2.30. The molecule has 1 N–H and O–H groups in total. The van der Waals surface area contributed by atoms with Crippen LogP contribution in [-0.2, 0) is 9.53 Å². The number of carbonyl (C=O) groups excluding carboxylic acids is 1. The molecule has 126 valence electrons. The van der Waals surface area contributed by atoms with Gasteiger partial charge in [-0.05, 0) is 24.1 Å². The van der Waals surface area contributed by atoms with Crippen molar-refractivity contribution in [1.29, 1.82) is 0 Å². The number of carbonyl (C=O) groups is 1.